The van der Waals surface area contributed by atoms with E-state index in [1.165, 1.54) is 23.7 Å². The van der Waals surface area contributed by atoms with Gasteiger partial charge in [-0.15, -0.1) is 16.9 Å². The van der Waals surface area contributed by atoms with Crippen molar-refractivity contribution in [1.82, 2.24) is 25.2 Å². The molecular weight excluding hydrogens is 330 g/mol. The van der Waals surface area contributed by atoms with Crippen molar-refractivity contribution in [3.8, 4) is 0 Å². The van der Waals surface area contributed by atoms with E-state index in [4.69, 9.17) is 0 Å². The van der Waals surface area contributed by atoms with Crippen LogP contribution in [0.4, 0.5) is 0 Å². The highest BCUT2D eigenvalue weighted by atomic mass is 32.2. The molecule has 2 heterocycles. The number of thioether (sulfide) groups is 1. The maximum Gasteiger partial charge on any atom is 0.258 e. The first kappa shape index (κ1) is 18.7. The molecule has 1 aromatic heterocycles. The summed E-state index contributed by atoms with van der Waals surface area (Å²) in [5, 5.41) is 19.9. The van der Waals surface area contributed by atoms with Crippen molar-refractivity contribution in [2.24, 2.45) is 0 Å². The Labute approximate surface area is 146 Å². The Kier molecular flexibility index (Phi) is 6.61. The Morgan fingerprint density at radius 1 is 1.54 bits per heavy atom. The fraction of sp³-hybridized carbons (Fsp3) is 0.733. The van der Waals surface area contributed by atoms with Gasteiger partial charge in [0, 0.05) is 20.0 Å². The summed E-state index contributed by atoms with van der Waals surface area (Å²) in [5.74, 6) is 0.338. The van der Waals surface area contributed by atoms with E-state index in [0.717, 1.165) is 24.3 Å². The normalized spacial score (nSPS) is 21.8. The number of aliphatic hydroxyl groups is 1. The summed E-state index contributed by atoms with van der Waals surface area (Å²) in [6.45, 7) is 4.07. The van der Waals surface area contributed by atoms with Crippen LogP contribution in [0, 0.1) is 6.92 Å². The number of carbonyl (C=O) groups excluding carboxylic acids is 2. The third-order valence-electron chi connectivity index (χ3n) is 3.96. The van der Waals surface area contributed by atoms with Gasteiger partial charge in [-0.05, 0) is 19.1 Å². The Balaban J connectivity index is 2.20. The lowest BCUT2D eigenvalue weighted by Gasteiger charge is -2.27. The van der Waals surface area contributed by atoms with Crippen LogP contribution in [0.1, 0.15) is 37.3 Å². The first-order chi connectivity index (χ1) is 11.5. The number of aliphatic hydroxyl groups excluding tert-OH is 1. The summed E-state index contributed by atoms with van der Waals surface area (Å²) < 4.78 is 1.55. The van der Waals surface area contributed by atoms with Crippen LogP contribution in [-0.2, 0) is 9.59 Å². The van der Waals surface area contributed by atoms with Gasteiger partial charge in [-0.2, -0.15) is 0 Å². The maximum absolute atomic E-state index is 13.1. The number of carbonyl (C=O) groups is 2. The minimum absolute atomic E-state index is 0.162. The van der Waals surface area contributed by atoms with E-state index < -0.39 is 17.5 Å². The third-order valence-corrected chi connectivity index (χ3v) is 5.22. The number of aromatic nitrogens is 3. The summed E-state index contributed by atoms with van der Waals surface area (Å²) in [5.41, 5.74) is 0.730. The molecule has 0 aliphatic carbocycles. The summed E-state index contributed by atoms with van der Waals surface area (Å²) in [4.78, 5) is 26.6. The van der Waals surface area contributed by atoms with Crippen LogP contribution in [-0.4, -0.2) is 68.3 Å². The highest BCUT2D eigenvalue weighted by molar-refractivity contribution is 7.99. The lowest BCUT2D eigenvalue weighted by molar-refractivity contribution is -0.139. The Hall–Kier alpha value is -1.61. The molecule has 8 nitrogen and oxygen atoms in total. The predicted octanol–water partition coefficient (Wildman–Crippen LogP) is 0.326. The molecule has 134 valence electrons. The molecule has 1 fully saturated rings. The second-order valence-electron chi connectivity index (χ2n) is 5.93. The van der Waals surface area contributed by atoms with Crippen LogP contribution in [0.15, 0.2) is 6.20 Å². The van der Waals surface area contributed by atoms with Gasteiger partial charge in [-0.1, -0.05) is 18.6 Å². The number of hydrogen-bond donors (Lipinski definition) is 2. The molecule has 0 radical (unpaired) electrons. The number of nitrogens with zero attached hydrogens (tertiary/aromatic N) is 4. The Morgan fingerprint density at radius 2 is 2.29 bits per heavy atom. The van der Waals surface area contributed by atoms with Crippen LogP contribution in [0.2, 0.25) is 0 Å². The van der Waals surface area contributed by atoms with Crippen molar-refractivity contribution >= 4 is 23.6 Å². The van der Waals surface area contributed by atoms with Crippen LogP contribution >= 0.6 is 11.8 Å². The molecule has 0 spiro atoms. The fourth-order valence-electron chi connectivity index (χ4n) is 2.69. The number of nitrogens with one attached hydrogen (secondary N) is 1. The smallest absolute Gasteiger partial charge is 0.258 e. The van der Waals surface area contributed by atoms with E-state index in [1.54, 1.807) is 10.9 Å². The summed E-state index contributed by atoms with van der Waals surface area (Å²) in [6.07, 6.45) is 3.32. The minimum atomic E-state index is -0.685. The maximum atomic E-state index is 13.1. The SMILES string of the molecule is CCCCSC(C(=O)N1CC(O)CC1C(=O)NC)n1cc(C)nn1. The minimum Gasteiger partial charge on any atom is -0.391 e. The summed E-state index contributed by atoms with van der Waals surface area (Å²) in [6, 6.07) is -0.642. The molecule has 0 saturated carbocycles. The van der Waals surface area contributed by atoms with E-state index in [9.17, 15) is 14.7 Å². The Bertz CT molecular complexity index is 579. The van der Waals surface area contributed by atoms with Crippen molar-refractivity contribution in [2.45, 2.75) is 50.6 Å². The average Bonchev–Trinajstić information content (AvgIpc) is 3.16. The highest BCUT2D eigenvalue weighted by Crippen LogP contribution is 2.29. The standard InChI is InChI=1S/C15H25N5O3S/c1-4-5-6-24-15(20-8-10(2)17-18-20)14(23)19-9-11(21)7-12(19)13(22)16-3/h8,11-12,15,21H,4-7,9H2,1-3H3,(H,16,22). The fourth-order valence-corrected chi connectivity index (χ4v) is 3.91. The quantitative estimate of drug-likeness (QED) is 0.684. The molecule has 2 N–H and O–H groups in total. The lowest BCUT2D eigenvalue weighted by atomic mass is 10.2. The number of amides is 2. The van der Waals surface area contributed by atoms with E-state index >= 15 is 0 Å². The highest BCUT2D eigenvalue weighted by Gasteiger charge is 2.41. The number of β-amino-alcohol motifs (C(OH)–C–C–N with tert-alkyl or cyclic N) is 1. The molecule has 1 aliphatic heterocycles. The molecule has 0 aromatic carbocycles. The van der Waals surface area contributed by atoms with Crippen LogP contribution in [0.3, 0.4) is 0 Å². The lowest BCUT2D eigenvalue weighted by Crippen LogP contribution is -2.47. The molecule has 9 heteroatoms. The van der Waals surface area contributed by atoms with E-state index in [2.05, 4.69) is 22.6 Å². The predicted molar refractivity (Wildman–Crippen MR) is 91.4 cm³/mol. The summed E-state index contributed by atoms with van der Waals surface area (Å²) in [7, 11) is 1.53. The van der Waals surface area contributed by atoms with Gasteiger partial charge in [0.15, 0.2) is 5.37 Å². The molecule has 3 atom stereocenters. The van der Waals surface area contributed by atoms with Gasteiger partial charge < -0.3 is 15.3 Å². The first-order valence-corrected chi connectivity index (χ1v) is 9.23. The molecule has 3 unspecified atom stereocenters. The van der Waals surface area contributed by atoms with Gasteiger partial charge in [0.25, 0.3) is 5.91 Å². The molecule has 0 bridgehead atoms. The number of hydrogen-bond acceptors (Lipinski definition) is 6. The molecule has 24 heavy (non-hydrogen) atoms. The van der Waals surface area contributed by atoms with Crippen molar-refractivity contribution in [1.29, 1.82) is 0 Å². The number of aryl methyl sites for hydroxylation is 1. The van der Waals surface area contributed by atoms with Crippen molar-refractivity contribution in [3.63, 3.8) is 0 Å². The third kappa shape index (κ3) is 4.27. The average molecular weight is 355 g/mol. The zero-order chi connectivity index (χ0) is 17.7. The molecule has 2 amide bonds. The van der Waals surface area contributed by atoms with E-state index in [0.29, 0.717) is 0 Å². The molecule has 2 rings (SSSR count). The monoisotopic (exact) mass is 355 g/mol. The van der Waals surface area contributed by atoms with E-state index in [1.807, 2.05) is 6.92 Å². The Morgan fingerprint density at radius 3 is 2.88 bits per heavy atom. The second kappa shape index (κ2) is 8.48. The topological polar surface area (TPSA) is 100 Å². The zero-order valence-corrected chi connectivity index (χ0v) is 15.1. The first-order valence-electron chi connectivity index (χ1n) is 8.18. The van der Waals surface area contributed by atoms with Gasteiger partial charge in [0.05, 0.1) is 18.0 Å². The molecular formula is C15H25N5O3S. The number of unbranched alkanes of at least 4 members (excludes halogenated alkanes) is 1. The number of likely N-dealkylation sites (N-methyl/N-ethyl adjacent to an activating group) is 1. The van der Waals surface area contributed by atoms with Crippen LogP contribution in [0.25, 0.3) is 0 Å². The van der Waals surface area contributed by atoms with Gasteiger partial charge in [0.1, 0.15) is 6.04 Å². The van der Waals surface area contributed by atoms with Crippen molar-refractivity contribution in [2.75, 3.05) is 19.3 Å². The second-order valence-corrected chi connectivity index (χ2v) is 7.11. The molecule has 1 saturated heterocycles. The van der Waals surface area contributed by atoms with E-state index in [-0.39, 0.29) is 24.8 Å². The van der Waals surface area contributed by atoms with Crippen LogP contribution < -0.4 is 5.32 Å². The zero-order valence-electron chi connectivity index (χ0n) is 14.3. The van der Waals surface area contributed by atoms with Gasteiger partial charge in [-0.3, -0.25) is 9.59 Å². The molecule has 1 aromatic rings. The van der Waals surface area contributed by atoms with Gasteiger partial charge in [0.2, 0.25) is 5.91 Å². The largest absolute Gasteiger partial charge is 0.391 e. The van der Waals surface area contributed by atoms with Crippen LogP contribution in [0.5, 0.6) is 0 Å². The summed E-state index contributed by atoms with van der Waals surface area (Å²) >= 11 is 1.49. The van der Waals surface area contributed by atoms with Crippen molar-refractivity contribution < 1.29 is 14.7 Å². The van der Waals surface area contributed by atoms with Gasteiger partial charge >= 0.3 is 0 Å². The molecule has 1 aliphatic rings. The number of rotatable bonds is 7. The van der Waals surface area contributed by atoms with Crippen molar-refractivity contribution in [3.05, 3.63) is 11.9 Å². The number of likely N-dealkylation sites (tertiary alicyclic amines) is 1. The van der Waals surface area contributed by atoms with Gasteiger partial charge in [-0.25, -0.2) is 4.68 Å².